The second-order valence-corrected chi connectivity index (χ2v) is 10.9. The fourth-order valence-electron chi connectivity index (χ4n) is 5.39. The number of carboxylic acid groups (broad SMARTS) is 1. The van der Waals surface area contributed by atoms with Crippen LogP contribution in [0.3, 0.4) is 0 Å². The number of pyridine rings is 1. The van der Waals surface area contributed by atoms with E-state index in [4.69, 9.17) is 9.72 Å². The highest BCUT2D eigenvalue weighted by Gasteiger charge is 2.39. The lowest BCUT2D eigenvalue weighted by Gasteiger charge is -2.31. The molecule has 3 heterocycles. The number of fused-ring (bicyclic) bond motifs is 1. The molecule has 2 aromatic heterocycles. The van der Waals surface area contributed by atoms with Gasteiger partial charge in [0.05, 0.1) is 11.3 Å². The van der Waals surface area contributed by atoms with E-state index in [2.05, 4.69) is 27.5 Å². The van der Waals surface area contributed by atoms with Crippen LogP contribution >= 0.6 is 0 Å². The highest BCUT2D eigenvalue weighted by molar-refractivity contribution is 6.05. The predicted molar refractivity (Wildman–Crippen MR) is 156 cm³/mol. The highest BCUT2D eigenvalue weighted by Crippen LogP contribution is 2.41. The molecule has 1 aliphatic carbocycles. The fourth-order valence-corrected chi connectivity index (χ4v) is 5.39. The monoisotopic (exact) mass is 552 g/mol. The van der Waals surface area contributed by atoms with Crippen molar-refractivity contribution in [2.24, 2.45) is 11.8 Å². The van der Waals surface area contributed by atoms with Gasteiger partial charge in [-0.1, -0.05) is 31.2 Å². The summed E-state index contributed by atoms with van der Waals surface area (Å²) in [7, 11) is 0. The maximum absolute atomic E-state index is 12.7. The average Bonchev–Trinajstić information content (AvgIpc) is 3.72. The number of carbonyl (C=O) groups excluding carboxylic acids is 1. The van der Waals surface area contributed by atoms with Crippen molar-refractivity contribution in [1.82, 2.24) is 19.9 Å². The van der Waals surface area contributed by atoms with Crippen molar-refractivity contribution in [3.63, 3.8) is 0 Å². The van der Waals surface area contributed by atoms with E-state index in [9.17, 15) is 14.7 Å². The molecule has 3 atom stereocenters. The van der Waals surface area contributed by atoms with Crippen LogP contribution < -0.4 is 15.4 Å². The number of carbonyl (C=O) groups is 2. The van der Waals surface area contributed by atoms with Gasteiger partial charge in [0, 0.05) is 53.9 Å². The van der Waals surface area contributed by atoms with Gasteiger partial charge in [-0.3, -0.25) is 4.79 Å². The smallest absolute Gasteiger partial charge is 0.407 e. The molecule has 4 aromatic rings. The number of hydrogen-bond acceptors (Lipinski definition) is 7. The maximum Gasteiger partial charge on any atom is 0.407 e. The van der Waals surface area contributed by atoms with Gasteiger partial charge < -0.3 is 25.4 Å². The number of amides is 2. The van der Waals surface area contributed by atoms with Gasteiger partial charge in [0.25, 0.3) is 0 Å². The van der Waals surface area contributed by atoms with Gasteiger partial charge in [-0.05, 0) is 61.9 Å². The summed E-state index contributed by atoms with van der Waals surface area (Å²) in [5.41, 5.74) is 3.00. The molecule has 1 saturated heterocycles. The molecule has 10 heteroatoms. The molecular weight excluding hydrogens is 520 g/mol. The Morgan fingerprint density at radius 1 is 1.05 bits per heavy atom. The number of hydrogen-bond donors (Lipinski definition) is 3. The average molecular weight is 553 g/mol. The van der Waals surface area contributed by atoms with E-state index in [0.29, 0.717) is 47.8 Å². The highest BCUT2D eigenvalue weighted by atomic mass is 16.5. The second kappa shape index (κ2) is 11.0. The van der Waals surface area contributed by atoms with Crippen LogP contribution in [-0.2, 0) is 4.79 Å². The van der Waals surface area contributed by atoms with E-state index < -0.39 is 6.09 Å². The summed E-state index contributed by atoms with van der Waals surface area (Å²) in [4.78, 5) is 39.1. The Kier molecular flexibility index (Phi) is 7.13. The number of benzene rings is 2. The molecule has 1 saturated carbocycles. The van der Waals surface area contributed by atoms with Crippen LogP contribution in [-0.4, -0.2) is 56.1 Å². The van der Waals surface area contributed by atoms with E-state index in [-0.39, 0.29) is 17.9 Å². The minimum absolute atomic E-state index is 0.0529. The molecule has 0 spiro atoms. The number of piperidine rings is 1. The number of aryl methyl sites for hydroxylation is 1. The summed E-state index contributed by atoms with van der Waals surface area (Å²) in [6, 6.07) is 15.2. The van der Waals surface area contributed by atoms with E-state index in [0.717, 1.165) is 41.3 Å². The molecule has 2 aromatic carbocycles. The van der Waals surface area contributed by atoms with Crippen LogP contribution in [0.15, 0.2) is 60.9 Å². The van der Waals surface area contributed by atoms with Crippen molar-refractivity contribution in [3.05, 3.63) is 66.5 Å². The molecule has 1 aliphatic heterocycles. The van der Waals surface area contributed by atoms with Crippen LogP contribution in [0.5, 0.6) is 11.6 Å². The zero-order chi connectivity index (χ0) is 28.5. The van der Waals surface area contributed by atoms with E-state index in [1.54, 1.807) is 18.5 Å². The molecule has 0 radical (unpaired) electrons. The first kappa shape index (κ1) is 26.5. The molecule has 1 unspecified atom stereocenters. The van der Waals surface area contributed by atoms with Crippen LogP contribution in [0.1, 0.15) is 31.7 Å². The predicted octanol–water partition coefficient (Wildman–Crippen LogP) is 5.94. The quantitative estimate of drug-likeness (QED) is 0.257. The molecule has 3 N–H and O–H groups in total. The van der Waals surface area contributed by atoms with Crippen molar-refractivity contribution >= 4 is 34.4 Å². The first-order valence-corrected chi connectivity index (χ1v) is 13.9. The lowest BCUT2D eigenvalue weighted by atomic mass is 10.0. The zero-order valence-corrected chi connectivity index (χ0v) is 23.0. The largest absolute Gasteiger partial charge is 0.465 e. The molecule has 210 valence electrons. The summed E-state index contributed by atoms with van der Waals surface area (Å²) in [5.74, 6) is 2.01. The Morgan fingerprint density at radius 3 is 2.71 bits per heavy atom. The van der Waals surface area contributed by atoms with Gasteiger partial charge in [0.1, 0.15) is 5.75 Å². The summed E-state index contributed by atoms with van der Waals surface area (Å²) >= 11 is 0. The van der Waals surface area contributed by atoms with Crippen molar-refractivity contribution < 1.29 is 19.4 Å². The molecular formula is C31H32N6O4. The van der Waals surface area contributed by atoms with E-state index >= 15 is 0 Å². The number of likely N-dealkylation sites (tertiary alicyclic amines) is 1. The van der Waals surface area contributed by atoms with E-state index in [1.165, 1.54) is 4.90 Å². The SMILES string of the molecule is Cc1ccc2c(NC(=O)[C@@H]3C[C@@H]3C)cccc2c1Oc1ncccc1-c1ccnc(NC2CCCN(C(=O)O)C2)n1. The van der Waals surface area contributed by atoms with Crippen LogP contribution in [0.2, 0.25) is 0 Å². The first-order valence-electron chi connectivity index (χ1n) is 13.9. The van der Waals surface area contributed by atoms with Gasteiger partial charge in [-0.25, -0.2) is 19.7 Å². The third-order valence-corrected chi connectivity index (χ3v) is 7.84. The number of anilines is 2. The van der Waals surface area contributed by atoms with Crippen molar-refractivity contribution in [2.45, 2.75) is 39.2 Å². The van der Waals surface area contributed by atoms with Gasteiger partial charge in [0.2, 0.25) is 17.7 Å². The Balaban J connectivity index is 1.28. The third-order valence-electron chi connectivity index (χ3n) is 7.84. The van der Waals surface area contributed by atoms with Crippen molar-refractivity contribution in [2.75, 3.05) is 23.7 Å². The number of rotatable bonds is 7. The first-order chi connectivity index (χ1) is 19.9. The van der Waals surface area contributed by atoms with Crippen molar-refractivity contribution in [3.8, 4) is 22.9 Å². The molecule has 2 fully saturated rings. The summed E-state index contributed by atoms with van der Waals surface area (Å²) in [6.07, 6.45) is 4.96. The van der Waals surface area contributed by atoms with Crippen LogP contribution in [0, 0.1) is 18.8 Å². The van der Waals surface area contributed by atoms with Crippen LogP contribution in [0.4, 0.5) is 16.4 Å². The van der Waals surface area contributed by atoms with Gasteiger partial charge >= 0.3 is 6.09 Å². The molecule has 10 nitrogen and oxygen atoms in total. The lowest BCUT2D eigenvalue weighted by Crippen LogP contribution is -2.44. The Hall–Kier alpha value is -4.73. The Labute approximate surface area is 237 Å². The van der Waals surface area contributed by atoms with Gasteiger partial charge in [-0.15, -0.1) is 0 Å². The Morgan fingerprint density at radius 2 is 1.90 bits per heavy atom. The summed E-state index contributed by atoms with van der Waals surface area (Å²) < 4.78 is 6.50. The van der Waals surface area contributed by atoms with Crippen LogP contribution in [0.25, 0.3) is 22.0 Å². The summed E-state index contributed by atoms with van der Waals surface area (Å²) in [5, 5.41) is 17.5. The molecule has 2 aliphatic rings. The molecule has 2 amide bonds. The molecule has 41 heavy (non-hydrogen) atoms. The summed E-state index contributed by atoms with van der Waals surface area (Å²) in [6.45, 7) is 4.98. The molecule has 6 rings (SSSR count). The fraction of sp³-hybridized carbons (Fsp3) is 0.323. The normalized spacial score (nSPS) is 20.0. The number of ether oxygens (including phenoxy) is 1. The number of aromatic nitrogens is 3. The lowest BCUT2D eigenvalue weighted by molar-refractivity contribution is -0.117. The Bertz CT molecular complexity index is 1630. The molecule has 0 bridgehead atoms. The number of nitrogens with zero attached hydrogens (tertiary/aromatic N) is 4. The zero-order valence-electron chi connectivity index (χ0n) is 23.0. The van der Waals surface area contributed by atoms with Gasteiger partial charge in [0.15, 0.2) is 0 Å². The second-order valence-electron chi connectivity index (χ2n) is 10.9. The number of nitrogens with one attached hydrogen (secondary N) is 2. The minimum atomic E-state index is -0.918. The standard InChI is InChI=1S/C31H32N6O4/c1-18-10-11-21-22(7-3-9-25(21)35-28(38)24-16-19(24)2)27(18)41-29-23(8-4-13-32-29)26-12-14-33-30(36-26)34-20-6-5-15-37(17-20)31(39)40/h3-4,7-14,19-20,24H,5-6,15-17H2,1-2H3,(H,35,38)(H,39,40)(H,33,34,36)/t19-,20?,24+/m0/s1. The maximum atomic E-state index is 12.7. The minimum Gasteiger partial charge on any atom is -0.465 e. The van der Waals surface area contributed by atoms with Crippen molar-refractivity contribution in [1.29, 1.82) is 0 Å². The third kappa shape index (κ3) is 5.63. The van der Waals surface area contributed by atoms with E-state index in [1.807, 2.05) is 49.4 Å². The van der Waals surface area contributed by atoms with Gasteiger partial charge in [-0.2, -0.15) is 0 Å². The topological polar surface area (TPSA) is 130 Å².